The SMILES string of the molecule is Cc1cnc2c(n1)C(C)C(=O)N2. The van der Waals surface area contributed by atoms with E-state index in [4.69, 9.17) is 0 Å². The summed E-state index contributed by atoms with van der Waals surface area (Å²) >= 11 is 0. The van der Waals surface area contributed by atoms with Crippen molar-refractivity contribution in [2.24, 2.45) is 0 Å². The van der Waals surface area contributed by atoms with E-state index in [1.54, 1.807) is 6.20 Å². The Morgan fingerprint density at radius 3 is 3.08 bits per heavy atom. The molecule has 0 radical (unpaired) electrons. The fourth-order valence-corrected chi connectivity index (χ4v) is 1.24. The molecule has 1 aliphatic heterocycles. The van der Waals surface area contributed by atoms with E-state index in [1.807, 2.05) is 13.8 Å². The lowest BCUT2D eigenvalue weighted by molar-refractivity contribution is -0.116. The molecule has 0 spiro atoms. The zero-order valence-electron chi connectivity index (χ0n) is 6.96. The third-order valence-corrected chi connectivity index (χ3v) is 1.96. The predicted octanol–water partition coefficient (Wildman–Crippen LogP) is 0.841. The van der Waals surface area contributed by atoms with Crippen molar-refractivity contribution in [3.05, 3.63) is 17.6 Å². The number of carbonyl (C=O) groups is 1. The second kappa shape index (κ2) is 2.27. The smallest absolute Gasteiger partial charge is 0.234 e. The van der Waals surface area contributed by atoms with Crippen molar-refractivity contribution in [3.63, 3.8) is 0 Å². The van der Waals surface area contributed by atoms with E-state index in [9.17, 15) is 4.79 Å². The predicted molar refractivity (Wildman–Crippen MR) is 43.8 cm³/mol. The van der Waals surface area contributed by atoms with Crippen LogP contribution < -0.4 is 5.32 Å². The van der Waals surface area contributed by atoms with Gasteiger partial charge in [-0.15, -0.1) is 0 Å². The number of amides is 1. The lowest BCUT2D eigenvalue weighted by Crippen LogP contribution is -2.08. The molecule has 0 aliphatic carbocycles. The van der Waals surface area contributed by atoms with Gasteiger partial charge in [-0.3, -0.25) is 9.78 Å². The van der Waals surface area contributed by atoms with Crippen LogP contribution in [0.2, 0.25) is 0 Å². The minimum absolute atomic E-state index is 0.0180. The van der Waals surface area contributed by atoms with Crippen molar-refractivity contribution < 1.29 is 4.79 Å². The van der Waals surface area contributed by atoms with Crippen molar-refractivity contribution in [2.75, 3.05) is 5.32 Å². The molecule has 1 aromatic rings. The van der Waals surface area contributed by atoms with Crippen LogP contribution in [0, 0.1) is 6.92 Å². The molecule has 1 aliphatic rings. The molecule has 1 atom stereocenters. The number of fused-ring (bicyclic) bond motifs is 1. The summed E-state index contributed by atoms with van der Waals surface area (Å²) < 4.78 is 0. The Balaban J connectivity index is 2.55. The Hall–Kier alpha value is -1.45. The van der Waals surface area contributed by atoms with Gasteiger partial charge in [0, 0.05) is 0 Å². The van der Waals surface area contributed by atoms with Gasteiger partial charge in [-0.25, -0.2) is 4.98 Å². The van der Waals surface area contributed by atoms with Crippen LogP contribution in [-0.4, -0.2) is 15.9 Å². The number of hydrogen-bond acceptors (Lipinski definition) is 3. The average Bonchev–Trinajstić information content (AvgIpc) is 2.31. The summed E-state index contributed by atoms with van der Waals surface area (Å²) in [7, 11) is 0. The highest BCUT2D eigenvalue weighted by atomic mass is 16.2. The van der Waals surface area contributed by atoms with Crippen molar-refractivity contribution in [1.82, 2.24) is 9.97 Å². The maximum atomic E-state index is 11.2. The molecule has 1 amide bonds. The lowest BCUT2D eigenvalue weighted by atomic mass is 10.1. The van der Waals surface area contributed by atoms with Crippen LogP contribution in [0.3, 0.4) is 0 Å². The number of anilines is 1. The summed E-state index contributed by atoms with van der Waals surface area (Å²) in [6.45, 7) is 3.69. The minimum atomic E-state index is -0.160. The monoisotopic (exact) mass is 163 g/mol. The first-order chi connectivity index (χ1) is 5.68. The molecule has 62 valence electrons. The average molecular weight is 163 g/mol. The van der Waals surface area contributed by atoms with Gasteiger partial charge in [-0.2, -0.15) is 0 Å². The van der Waals surface area contributed by atoms with Crippen molar-refractivity contribution in [2.45, 2.75) is 19.8 Å². The van der Waals surface area contributed by atoms with Crippen LogP contribution >= 0.6 is 0 Å². The normalized spacial score (nSPS) is 20.5. The molecule has 1 aromatic heterocycles. The maximum Gasteiger partial charge on any atom is 0.234 e. The van der Waals surface area contributed by atoms with Gasteiger partial charge >= 0.3 is 0 Å². The zero-order chi connectivity index (χ0) is 8.72. The van der Waals surface area contributed by atoms with Gasteiger partial charge in [0.25, 0.3) is 0 Å². The number of hydrogen-bond donors (Lipinski definition) is 1. The summed E-state index contributed by atoms with van der Waals surface area (Å²) in [6, 6.07) is 0. The van der Waals surface area contributed by atoms with E-state index in [-0.39, 0.29) is 11.8 Å². The van der Waals surface area contributed by atoms with Crippen molar-refractivity contribution in [3.8, 4) is 0 Å². The first kappa shape index (κ1) is 7.21. The molecule has 12 heavy (non-hydrogen) atoms. The summed E-state index contributed by atoms with van der Waals surface area (Å²) in [6.07, 6.45) is 1.65. The van der Waals surface area contributed by atoms with Crippen LogP contribution in [0.15, 0.2) is 6.20 Å². The third-order valence-electron chi connectivity index (χ3n) is 1.96. The van der Waals surface area contributed by atoms with E-state index in [1.165, 1.54) is 0 Å². The number of nitrogens with one attached hydrogen (secondary N) is 1. The first-order valence-corrected chi connectivity index (χ1v) is 3.83. The maximum absolute atomic E-state index is 11.2. The van der Waals surface area contributed by atoms with Crippen LogP contribution in [0.25, 0.3) is 0 Å². The first-order valence-electron chi connectivity index (χ1n) is 3.83. The lowest BCUT2D eigenvalue weighted by Gasteiger charge is -1.98. The fourth-order valence-electron chi connectivity index (χ4n) is 1.24. The molecule has 1 unspecified atom stereocenters. The summed E-state index contributed by atoms with van der Waals surface area (Å²) in [5.41, 5.74) is 1.61. The molecule has 4 heteroatoms. The van der Waals surface area contributed by atoms with E-state index < -0.39 is 0 Å². The molecule has 0 aromatic carbocycles. The highest BCUT2D eigenvalue weighted by Gasteiger charge is 2.28. The van der Waals surface area contributed by atoms with E-state index >= 15 is 0 Å². The van der Waals surface area contributed by atoms with Crippen molar-refractivity contribution in [1.29, 1.82) is 0 Å². The number of rotatable bonds is 0. The molecule has 2 heterocycles. The molecule has 2 rings (SSSR count). The standard InChI is InChI=1S/C8H9N3O/c1-4-3-9-7-6(10-4)5(2)8(12)11-7/h3,5H,1-2H3,(H,9,11,12). The molecule has 0 saturated carbocycles. The highest BCUT2D eigenvalue weighted by Crippen LogP contribution is 2.27. The van der Waals surface area contributed by atoms with Gasteiger partial charge in [0.05, 0.1) is 23.5 Å². The number of aromatic nitrogens is 2. The van der Waals surface area contributed by atoms with E-state index in [2.05, 4.69) is 15.3 Å². The van der Waals surface area contributed by atoms with Crippen LogP contribution in [0.1, 0.15) is 24.2 Å². The van der Waals surface area contributed by atoms with Crippen LogP contribution in [0.5, 0.6) is 0 Å². The molecule has 4 nitrogen and oxygen atoms in total. The van der Waals surface area contributed by atoms with Gasteiger partial charge in [0.1, 0.15) is 0 Å². The largest absolute Gasteiger partial charge is 0.309 e. The Morgan fingerprint density at radius 1 is 1.58 bits per heavy atom. The van der Waals surface area contributed by atoms with Gasteiger partial charge in [-0.05, 0) is 13.8 Å². The molecule has 0 saturated heterocycles. The highest BCUT2D eigenvalue weighted by molar-refractivity contribution is 6.00. The Bertz CT molecular complexity index is 348. The van der Waals surface area contributed by atoms with E-state index in [0.717, 1.165) is 11.4 Å². The zero-order valence-corrected chi connectivity index (χ0v) is 6.96. The summed E-state index contributed by atoms with van der Waals surface area (Å²) in [4.78, 5) is 19.5. The summed E-state index contributed by atoms with van der Waals surface area (Å²) in [5, 5.41) is 2.66. The third kappa shape index (κ3) is 0.879. The number of carbonyl (C=O) groups excluding carboxylic acids is 1. The minimum Gasteiger partial charge on any atom is -0.309 e. The van der Waals surface area contributed by atoms with Crippen molar-refractivity contribution >= 4 is 11.7 Å². The fraction of sp³-hybridized carbons (Fsp3) is 0.375. The van der Waals surface area contributed by atoms with Gasteiger partial charge in [-0.1, -0.05) is 0 Å². The summed E-state index contributed by atoms with van der Waals surface area (Å²) in [5.74, 6) is 0.432. The molecule has 1 N–H and O–H groups in total. The van der Waals surface area contributed by atoms with Crippen LogP contribution in [-0.2, 0) is 4.79 Å². The quantitative estimate of drug-likeness (QED) is 0.616. The number of nitrogens with zero attached hydrogens (tertiary/aromatic N) is 2. The second-order valence-electron chi connectivity index (χ2n) is 2.96. The second-order valence-corrected chi connectivity index (χ2v) is 2.96. The molecular weight excluding hydrogens is 154 g/mol. The Kier molecular flexibility index (Phi) is 1.36. The number of aryl methyl sites for hydroxylation is 1. The van der Waals surface area contributed by atoms with E-state index in [0.29, 0.717) is 5.82 Å². The molecule has 0 fully saturated rings. The van der Waals surface area contributed by atoms with Gasteiger partial charge in [0.2, 0.25) is 5.91 Å². The van der Waals surface area contributed by atoms with Crippen LogP contribution in [0.4, 0.5) is 5.82 Å². The topological polar surface area (TPSA) is 54.9 Å². The van der Waals surface area contributed by atoms with Gasteiger partial charge < -0.3 is 5.32 Å². The molecule has 0 bridgehead atoms. The Labute approximate surface area is 70.0 Å². The van der Waals surface area contributed by atoms with Gasteiger partial charge in [0.15, 0.2) is 5.82 Å². The Morgan fingerprint density at radius 2 is 2.33 bits per heavy atom. The molecular formula is C8H9N3O.